The van der Waals surface area contributed by atoms with Crippen molar-refractivity contribution < 1.29 is 36.2 Å². The second-order valence-corrected chi connectivity index (χ2v) is 7.47. The van der Waals surface area contributed by atoms with E-state index in [1.54, 1.807) is 0 Å². The lowest BCUT2D eigenvalue weighted by atomic mass is 9.92. The van der Waals surface area contributed by atoms with Crippen molar-refractivity contribution in [2.45, 2.75) is 30.9 Å². The van der Waals surface area contributed by atoms with E-state index in [4.69, 9.17) is 33.7 Å². The van der Waals surface area contributed by atoms with Crippen molar-refractivity contribution in [3.63, 3.8) is 0 Å². The molecule has 0 aromatic heterocycles. The van der Waals surface area contributed by atoms with E-state index in [-0.39, 0.29) is 21.3 Å². The highest BCUT2D eigenvalue weighted by molar-refractivity contribution is 6.34. The van der Waals surface area contributed by atoms with Crippen LogP contribution in [0, 0.1) is 0 Å². The zero-order valence-electron chi connectivity index (χ0n) is 14.9. The SMILES string of the molecule is NCc1ccc(N2CC(c3cc(Cl)cc(Cl)c3)(C(F)(F)F)OC2O)cc1C(F)(F)F. The summed E-state index contributed by atoms with van der Waals surface area (Å²) < 4.78 is 87.1. The Balaban J connectivity index is 2.10. The molecule has 4 nitrogen and oxygen atoms in total. The molecule has 164 valence electrons. The second kappa shape index (κ2) is 7.76. The molecule has 1 saturated heterocycles. The van der Waals surface area contributed by atoms with Gasteiger partial charge in [-0.15, -0.1) is 0 Å². The van der Waals surface area contributed by atoms with Gasteiger partial charge in [-0.1, -0.05) is 29.3 Å². The molecule has 0 saturated carbocycles. The Labute approximate surface area is 176 Å². The number of aliphatic hydroxyl groups is 1. The van der Waals surface area contributed by atoms with E-state index in [0.29, 0.717) is 11.0 Å². The summed E-state index contributed by atoms with van der Waals surface area (Å²) in [5.41, 5.74) is 0.0534. The van der Waals surface area contributed by atoms with Gasteiger partial charge in [-0.2, -0.15) is 26.3 Å². The van der Waals surface area contributed by atoms with Crippen LogP contribution in [0.1, 0.15) is 16.7 Å². The lowest BCUT2D eigenvalue weighted by molar-refractivity contribution is -0.293. The molecule has 2 aromatic carbocycles. The van der Waals surface area contributed by atoms with Gasteiger partial charge in [0, 0.05) is 22.3 Å². The molecule has 2 unspecified atom stereocenters. The summed E-state index contributed by atoms with van der Waals surface area (Å²) in [6.07, 6.45) is -12.0. The van der Waals surface area contributed by atoms with Crippen LogP contribution in [0.2, 0.25) is 10.0 Å². The van der Waals surface area contributed by atoms with Gasteiger partial charge in [0.05, 0.1) is 12.1 Å². The first-order valence-electron chi connectivity index (χ1n) is 8.34. The number of rotatable bonds is 3. The standard InChI is InChI=1S/C18H14Cl2F6N2O2/c19-11-3-10(4-12(20)5-11)16(18(24,25)26)8-28(15(29)30-16)13-2-1-9(7-27)14(6-13)17(21,22)23/h1-6,15,29H,7-8,27H2. The molecule has 3 N–H and O–H groups in total. The van der Waals surface area contributed by atoms with Gasteiger partial charge in [-0.05, 0) is 41.5 Å². The number of nitrogens with two attached hydrogens (primary N) is 1. The molecule has 0 bridgehead atoms. The van der Waals surface area contributed by atoms with E-state index in [9.17, 15) is 31.4 Å². The summed E-state index contributed by atoms with van der Waals surface area (Å²) in [6, 6.07) is 5.93. The van der Waals surface area contributed by atoms with Crippen LogP contribution in [0.25, 0.3) is 0 Å². The fourth-order valence-corrected chi connectivity index (χ4v) is 3.80. The third-order valence-corrected chi connectivity index (χ3v) is 5.14. The predicted molar refractivity (Wildman–Crippen MR) is 98.0 cm³/mol. The molecule has 12 heteroatoms. The molecule has 0 aliphatic carbocycles. The maximum atomic E-state index is 14.1. The zero-order chi connectivity index (χ0) is 22.5. The molecule has 2 atom stereocenters. The van der Waals surface area contributed by atoms with Crippen LogP contribution in [0.5, 0.6) is 0 Å². The van der Waals surface area contributed by atoms with Gasteiger partial charge in [-0.3, -0.25) is 0 Å². The molecular formula is C18H14Cl2F6N2O2. The number of hydrogen-bond donors (Lipinski definition) is 2. The fourth-order valence-electron chi connectivity index (χ4n) is 3.27. The van der Waals surface area contributed by atoms with Crippen LogP contribution >= 0.6 is 23.2 Å². The topological polar surface area (TPSA) is 58.7 Å². The van der Waals surface area contributed by atoms with Crippen LogP contribution in [0.3, 0.4) is 0 Å². The highest BCUT2D eigenvalue weighted by atomic mass is 35.5. The lowest BCUT2D eigenvalue weighted by Crippen LogP contribution is -2.46. The van der Waals surface area contributed by atoms with E-state index in [1.165, 1.54) is 6.07 Å². The third-order valence-electron chi connectivity index (χ3n) is 4.70. The average molecular weight is 475 g/mol. The molecular weight excluding hydrogens is 461 g/mol. The van der Waals surface area contributed by atoms with Crippen LogP contribution in [-0.4, -0.2) is 24.2 Å². The number of nitrogens with zero attached hydrogens (tertiary/aromatic N) is 1. The van der Waals surface area contributed by atoms with Gasteiger partial charge >= 0.3 is 12.4 Å². The Morgan fingerprint density at radius 3 is 2.17 bits per heavy atom. The van der Waals surface area contributed by atoms with Crippen LogP contribution in [0.4, 0.5) is 32.0 Å². The quantitative estimate of drug-likeness (QED) is 0.611. The van der Waals surface area contributed by atoms with Crippen LogP contribution in [-0.2, 0) is 23.1 Å². The first-order chi connectivity index (χ1) is 13.8. The molecule has 1 aliphatic rings. The van der Waals surface area contributed by atoms with Crippen molar-refractivity contribution in [2.24, 2.45) is 5.73 Å². The summed E-state index contributed by atoms with van der Waals surface area (Å²) in [5, 5.41) is 9.98. The minimum atomic E-state index is -5.05. The molecule has 1 heterocycles. The monoisotopic (exact) mass is 474 g/mol. The number of benzene rings is 2. The van der Waals surface area contributed by atoms with Crippen molar-refractivity contribution in [3.8, 4) is 0 Å². The Bertz CT molecular complexity index is 933. The fraction of sp³-hybridized carbons (Fsp3) is 0.333. The minimum absolute atomic E-state index is 0.107. The van der Waals surface area contributed by atoms with E-state index in [2.05, 4.69) is 0 Å². The summed E-state index contributed by atoms with van der Waals surface area (Å²) in [6.45, 7) is -1.46. The normalized spacial score (nSPS) is 22.6. The number of aliphatic hydroxyl groups excluding tert-OH is 1. The zero-order valence-corrected chi connectivity index (χ0v) is 16.4. The Hall–Kier alpha value is -1.72. The summed E-state index contributed by atoms with van der Waals surface area (Å²) >= 11 is 11.6. The predicted octanol–water partition coefficient (Wildman–Crippen LogP) is 5.04. The number of ether oxygens (including phenoxy) is 1. The maximum Gasteiger partial charge on any atom is 0.423 e. The Morgan fingerprint density at radius 1 is 1.07 bits per heavy atom. The first kappa shape index (κ1) is 23.0. The smallest absolute Gasteiger partial charge is 0.351 e. The van der Waals surface area contributed by atoms with Crippen molar-refractivity contribution in [1.82, 2.24) is 0 Å². The molecule has 2 aromatic rings. The Kier molecular flexibility index (Phi) is 5.94. The number of alkyl halides is 6. The van der Waals surface area contributed by atoms with Gasteiger partial charge < -0.3 is 20.5 Å². The molecule has 0 spiro atoms. The molecule has 1 aliphatic heterocycles. The van der Waals surface area contributed by atoms with E-state index in [1.807, 2.05) is 0 Å². The minimum Gasteiger partial charge on any atom is -0.351 e. The van der Waals surface area contributed by atoms with E-state index >= 15 is 0 Å². The summed E-state index contributed by atoms with van der Waals surface area (Å²) in [5.74, 6) is 0. The maximum absolute atomic E-state index is 14.1. The van der Waals surface area contributed by atoms with Gasteiger partial charge in [-0.25, -0.2) is 0 Å². The number of anilines is 1. The highest BCUT2D eigenvalue weighted by Gasteiger charge is 2.63. The van der Waals surface area contributed by atoms with Crippen LogP contribution in [0.15, 0.2) is 36.4 Å². The second-order valence-electron chi connectivity index (χ2n) is 6.60. The number of halogens is 8. The van der Waals surface area contributed by atoms with Gasteiger partial charge in [0.25, 0.3) is 0 Å². The van der Waals surface area contributed by atoms with Crippen molar-refractivity contribution in [1.29, 1.82) is 0 Å². The van der Waals surface area contributed by atoms with Gasteiger partial charge in [0.1, 0.15) is 0 Å². The van der Waals surface area contributed by atoms with E-state index < -0.39 is 48.6 Å². The number of hydrogen-bond acceptors (Lipinski definition) is 4. The lowest BCUT2D eigenvalue weighted by Gasteiger charge is -2.31. The van der Waals surface area contributed by atoms with Gasteiger partial charge in [0.15, 0.2) is 0 Å². The van der Waals surface area contributed by atoms with Crippen molar-refractivity contribution in [3.05, 3.63) is 63.1 Å². The molecule has 0 amide bonds. The molecule has 30 heavy (non-hydrogen) atoms. The van der Waals surface area contributed by atoms with Gasteiger partial charge in [0.2, 0.25) is 12.0 Å². The first-order valence-corrected chi connectivity index (χ1v) is 9.10. The summed E-state index contributed by atoms with van der Waals surface area (Å²) in [4.78, 5) is 0.665. The summed E-state index contributed by atoms with van der Waals surface area (Å²) in [7, 11) is 0. The average Bonchev–Trinajstić information content (AvgIpc) is 2.98. The molecule has 3 rings (SSSR count). The van der Waals surface area contributed by atoms with Crippen LogP contribution < -0.4 is 10.6 Å². The van der Waals surface area contributed by atoms with Crippen molar-refractivity contribution in [2.75, 3.05) is 11.4 Å². The van der Waals surface area contributed by atoms with E-state index in [0.717, 1.165) is 24.3 Å². The Morgan fingerprint density at radius 2 is 1.67 bits per heavy atom. The third kappa shape index (κ3) is 4.06. The molecule has 1 fully saturated rings. The largest absolute Gasteiger partial charge is 0.423 e. The van der Waals surface area contributed by atoms with Crippen molar-refractivity contribution >= 4 is 28.9 Å². The highest BCUT2D eigenvalue weighted by Crippen LogP contribution is 2.49. The molecule has 0 radical (unpaired) electrons.